The van der Waals surface area contributed by atoms with Gasteiger partial charge in [0.15, 0.2) is 0 Å². The van der Waals surface area contributed by atoms with Crippen LogP contribution in [0.4, 0.5) is 0 Å². The first kappa shape index (κ1) is 22.8. The van der Waals surface area contributed by atoms with Crippen molar-refractivity contribution in [1.29, 1.82) is 0 Å². The van der Waals surface area contributed by atoms with Crippen LogP contribution in [0, 0.1) is 28.4 Å². The molecule has 0 radical (unpaired) electrons. The summed E-state index contributed by atoms with van der Waals surface area (Å²) < 4.78 is 0. The minimum Gasteiger partial charge on any atom is -0.358 e. The van der Waals surface area contributed by atoms with Gasteiger partial charge in [-0.05, 0) is 0 Å². The van der Waals surface area contributed by atoms with Gasteiger partial charge in [-0.25, -0.2) is 5.57 Å². The average Bonchev–Trinajstić information content (AvgIpc) is 1.98. The van der Waals surface area contributed by atoms with Gasteiger partial charge in [0.25, 0.3) is 0 Å². The van der Waals surface area contributed by atoms with Crippen LogP contribution < -0.4 is 0 Å². The van der Waals surface area contributed by atoms with Crippen molar-refractivity contribution in [2.24, 2.45) is 0 Å². The second-order valence-electron chi connectivity index (χ2n) is 2.38. The maximum Gasteiger partial charge on any atom is 4.00 e. The van der Waals surface area contributed by atoms with E-state index < -0.39 is 0 Å². The van der Waals surface area contributed by atoms with Crippen LogP contribution in [0.1, 0.15) is 27.2 Å². The van der Waals surface area contributed by atoms with E-state index in [4.69, 9.17) is 0 Å². The quantitative estimate of drug-likeness (QED) is 0.412. The maximum atomic E-state index is 3.26. The van der Waals surface area contributed by atoms with Crippen molar-refractivity contribution in [3.63, 3.8) is 0 Å². The van der Waals surface area contributed by atoms with Gasteiger partial charge in [-0.2, -0.15) is 11.1 Å². The molecule has 1 aliphatic rings. The van der Waals surface area contributed by atoms with E-state index in [1.54, 1.807) is 0 Å². The van der Waals surface area contributed by atoms with Crippen molar-refractivity contribution in [3.05, 3.63) is 45.1 Å². The Labute approximate surface area is 94.0 Å². The van der Waals surface area contributed by atoms with Crippen LogP contribution in [0.2, 0.25) is 0 Å². The van der Waals surface area contributed by atoms with E-state index in [2.05, 4.69) is 26.8 Å². The molecule has 0 saturated heterocycles. The summed E-state index contributed by atoms with van der Waals surface area (Å²) in [7, 11) is 0. The van der Waals surface area contributed by atoms with Gasteiger partial charge in [0.1, 0.15) is 0 Å². The summed E-state index contributed by atoms with van der Waals surface area (Å²) in [5.74, 6) is 0. The minimum absolute atomic E-state index is 0. The fourth-order valence-corrected chi connectivity index (χ4v) is 0.850. The molecule has 0 spiro atoms. The van der Waals surface area contributed by atoms with Crippen molar-refractivity contribution in [3.8, 4) is 0 Å². The van der Waals surface area contributed by atoms with Gasteiger partial charge in [0.05, 0.1) is 0 Å². The molecule has 1 heteroatoms. The standard InChI is InChI=1S/C8H11.3CH3.Ti/c1-6-4-5-7(2)8(6)3;;;;/h4H2,1-3H3;3*1H3;/q4*-1;+4. The maximum absolute atomic E-state index is 3.26. The summed E-state index contributed by atoms with van der Waals surface area (Å²) in [5.41, 5.74) is 4.25. The second-order valence-corrected chi connectivity index (χ2v) is 2.38. The van der Waals surface area contributed by atoms with Gasteiger partial charge in [0, 0.05) is 0 Å². The van der Waals surface area contributed by atoms with Crippen LogP contribution in [0.25, 0.3) is 0 Å². The molecule has 0 heterocycles. The third-order valence-corrected chi connectivity index (χ3v) is 1.82. The Morgan fingerprint density at radius 2 is 1.42 bits per heavy atom. The summed E-state index contributed by atoms with van der Waals surface area (Å²) in [5, 5.41) is 0. The van der Waals surface area contributed by atoms with Gasteiger partial charge in [-0.15, -0.1) is 13.3 Å². The zero-order chi connectivity index (χ0) is 6.15. The van der Waals surface area contributed by atoms with Crippen LogP contribution in [-0.4, -0.2) is 0 Å². The van der Waals surface area contributed by atoms with E-state index in [-0.39, 0.29) is 44.0 Å². The molecular weight excluding hydrogens is 180 g/mol. The van der Waals surface area contributed by atoms with E-state index in [0.717, 1.165) is 6.42 Å². The molecule has 0 atom stereocenters. The number of hydrogen-bond acceptors (Lipinski definition) is 0. The fourth-order valence-electron chi connectivity index (χ4n) is 0.850. The largest absolute Gasteiger partial charge is 4.00 e. The van der Waals surface area contributed by atoms with E-state index in [1.165, 1.54) is 16.7 Å². The predicted octanol–water partition coefficient (Wildman–Crippen LogP) is 3.82. The SMILES string of the molecule is CC1=[C-]CC(C)=C1C.[CH3-].[CH3-].[CH3-].[Ti+4]. The molecule has 0 aromatic rings. The third kappa shape index (κ3) is 4.95. The van der Waals surface area contributed by atoms with Crippen molar-refractivity contribution in [1.82, 2.24) is 0 Å². The molecule has 0 nitrogen and oxygen atoms in total. The van der Waals surface area contributed by atoms with E-state index >= 15 is 0 Å². The number of hydrogen-bond donors (Lipinski definition) is 0. The van der Waals surface area contributed by atoms with Crippen LogP contribution in [0.15, 0.2) is 16.7 Å². The molecular formula is C11H20Ti. The molecule has 0 aromatic heterocycles. The summed E-state index contributed by atoms with van der Waals surface area (Å²) in [6.07, 6.45) is 4.31. The summed E-state index contributed by atoms with van der Waals surface area (Å²) in [6, 6.07) is 0. The molecule has 0 N–H and O–H groups in total. The Hall–Kier alpha value is 0.194. The Morgan fingerprint density at radius 3 is 1.50 bits per heavy atom. The van der Waals surface area contributed by atoms with E-state index in [1.807, 2.05) is 0 Å². The van der Waals surface area contributed by atoms with Gasteiger partial charge in [0.2, 0.25) is 0 Å². The molecule has 68 valence electrons. The number of allylic oxidation sites excluding steroid dienone is 4. The van der Waals surface area contributed by atoms with Gasteiger partial charge in [-0.1, -0.05) is 13.8 Å². The van der Waals surface area contributed by atoms with Crippen molar-refractivity contribution in [2.45, 2.75) is 27.2 Å². The summed E-state index contributed by atoms with van der Waals surface area (Å²) in [6.45, 7) is 6.44. The second kappa shape index (κ2) is 9.28. The predicted molar refractivity (Wildman–Crippen MR) is 54.7 cm³/mol. The van der Waals surface area contributed by atoms with Gasteiger partial charge < -0.3 is 22.3 Å². The van der Waals surface area contributed by atoms with Crippen molar-refractivity contribution in [2.75, 3.05) is 0 Å². The Kier molecular flexibility index (Phi) is 17.6. The molecule has 12 heavy (non-hydrogen) atoms. The number of rotatable bonds is 0. The molecule has 0 aliphatic heterocycles. The van der Waals surface area contributed by atoms with Crippen LogP contribution >= 0.6 is 0 Å². The molecule has 0 unspecified atom stereocenters. The zero-order valence-corrected chi connectivity index (χ0v) is 10.8. The fraction of sp³-hybridized carbons (Fsp3) is 0.364. The topological polar surface area (TPSA) is 0 Å². The third-order valence-electron chi connectivity index (χ3n) is 1.82. The molecule has 1 aliphatic carbocycles. The summed E-state index contributed by atoms with van der Waals surface area (Å²) in [4.78, 5) is 0. The Morgan fingerprint density at radius 1 is 1.00 bits per heavy atom. The molecule has 0 aromatic carbocycles. The molecule has 0 saturated carbocycles. The first-order valence-corrected chi connectivity index (χ1v) is 2.96. The van der Waals surface area contributed by atoms with Crippen LogP contribution in [0.5, 0.6) is 0 Å². The smallest absolute Gasteiger partial charge is 0.358 e. The van der Waals surface area contributed by atoms with Gasteiger partial charge in [-0.3, -0.25) is 6.08 Å². The van der Waals surface area contributed by atoms with Crippen molar-refractivity contribution >= 4 is 0 Å². The molecule has 0 bridgehead atoms. The normalized spacial score (nSPS) is 13.1. The van der Waals surface area contributed by atoms with Crippen molar-refractivity contribution < 1.29 is 21.7 Å². The Bertz CT molecular complexity index is 158. The van der Waals surface area contributed by atoms with E-state index in [9.17, 15) is 0 Å². The first-order chi connectivity index (χ1) is 3.72. The van der Waals surface area contributed by atoms with Gasteiger partial charge >= 0.3 is 21.7 Å². The molecule has 0 fully saturated rings. The monoisotopic (exact) mass is 200 g/mol. The summed E-state index contributed by atoms with van der Waals surface area (Å²) >= 11 is 0. The van der Waals surface area contributed by atoms with E-state index in [0.29, 0.717) is 0 Å². The molecule has 1 rings (SSSR count). The first-order valence-electron chi connectivity index (χ1n) is 2.96. The molecule has 0 amide bonds. The van der Waals surface area contributed by atoms with Crippen LogP contribution in [-0.2, 0) is 21.7 Å². The Balaban J connectivity index is -0.0000000800. The minimum atomic E-state index is 0. The van der Waals surface area contributed by atoms with Crippen LogP contribution in [0.3, 0.4) is 0 Å². The average molecular weight is 200 g/mol. The zero-order valence-electron chi connectivity index (χ0n) is 9.21.